The highest BCUT2D eigenvalue weighted by molar-refractivity contribution is 5.66. The van der Waals surface area contributed by atoms with Gasteiger partial charge in [-0.2, -0.15) is 0 Å². The lowest BCUT2D eigenvalue weighted by atomic mass is 10.5. The van der Waals surface area contributed by atoms with Crippen LogP contribution in [0.4, 0.5) is 0 Å². The van der Waals surface area contributed by atoms with Crippen LogP contribution >= 0.6 is 0 Å². The van der Waals surface area contributed by atoms with E-state index in [1.807, 2.05) is 20.8 Å². The Balaban J connectivity index is -0.000000119. The van der Waals surface area contributed by atoms with Crippen LogP contribution in [0.25, 0.3) is 0 Å². The van der Waals surface area contributed by atoms with E-state index in [9.17, 15) is 19.2 Å². The first-order chi connectivity index (χ1) is 11.4. The Kier molecular flexibility index (Phi) is 29.7. The standard InChI is InChI=1S/2C5H10O2.C4H8O2.C3H6O2/c1-4(2)7-5(3)6;1-3-4-7-5(2)6;1-3-6-4(2)5;1-3(4)5-2/h4H,1-3H3;3-4H2,1-2H3;3H2,1-2H3;1-2H3. The van der Waals surface area contributed by atoms with Crippen molar-refractivity contribution in [2.24, 2.45) is 0 Å². The summed E-state index contributed by atoms with van der Waals surface area (Å²) in [7, 11) is 1.35. The molecule has 150 valence electrons. The van der Waals surface area contributed by atoms with Crippen molar-refractivity contribution in [3.63, 3.8) is 0 Å². The van der Waals surface area contributed by atoms with Crippen molar-refractivity contribution in [2.75, 3.05) is 20.3 Å². The summed E-state index contributed by atoms with van der Waals surface area (Å²) in [6.07, 6.45) is 0.928. The van der Waals surface area contributed by atoms with Gasteiger partial charge in [0.2, 0.25) is 0 Å². The lowest BCUT2D eigenvalue weighted by Gasteiger charge is -2.01. The molecule has 0 N–H and O–H groups in total. The Morgan fingerprint density at radius 1 is 0.760 bits per heavy atom. The molecule has 0 aliphatic carbocycles. The van der Waals surface area contributed by atoms with Gasteiger partial charge in [0.05, 0.1) is 26.4 Å². The molecule has 0 aliphatic rings. The predicted molar refractivity (Wildman–Crippen MR) is 93.8 cm³/mol. The molecule has 8 nitrogen and oxygen atoms in total. The van der Waals surface area contributed by atoms with Gasteiger partial charge in [-0.05, 0) is 27.2 Å². The first-order valence-corrected chi connectivity index (χ1v) is 7.92. The van der Waals surface area contributed by atoms with E-state index in [2.05, 4.69) is 18.9 Å². The van der Waals surface area contributed by atoms with Crippen LogP contribution in [0.1, 0.15) is 61.8 Å². The molecule has 0 aromatic heterocycles. The predicted octanol–water partition coefficient (Wildman–Crippen LogP) is 2.67. The number of esters is 4. The van der Waals surface area contributed by atoms with Gasteiger partial charge in [0.1, 0.15) is 0 Å². The molecule has 0 rings (SSSR count). The summed E-state index contributed by atoms with van der Waals surface area (Å²) < 4.78 is 17.7. The van der Waals surface area contributed by atoms with E-state index in [4.69, 9.17) is 0 Å². The molecule has 0 fully saturated rings. The van der Waals surface area contributed by atoms with E-state index in [0.29, 0.717) is 13.2 Å². The molecule has 0 saturated carbocycles. The lowest BCUT2D eigenvalue weighted by Crippen LogP contribution is -2.06. The fourth-order valence-electron chi connectivity index (χ4n) is 0.781. The largest absolute Gasteiger partial charge is 0.469 e. The van der Waals surface area contributed by atoms with Crippen LogP contribution in [0.3, 0.4) is 0 Å². The van der Waals surface area contributed by atoms with E-state index in [1.165, 1.54) is 34.8 Å². The average molecular weight is 366 g/mol. The number of carbonyl (C=O) groups excluding carboxylic acids is 4. The fourth-order valence-corrected chi connectivity index (χ4v) is 0.781. The van der Waals surface area contributed by atoms with Gasteiger partial charge in [-0.3, -0.25) is 19.2 Å². The van der Waals surface area contributed by atoms with E-state index >= 15 is 0 Å². The van der Waals surface area contributed by atoms with Crippen molar-refractivity contribution in [1.29, 1.82) is 0 Å². The first-order valence-electron chi connectivity index (χ1n) is 7.92. The van der Waals surface area contributed by atoms with Crippen molar-refractivity contribution in [2.45, 2.75) is 67.9 Å². The number of methoxy groups -OCH3 is 1. The van der Waals surface area contributed by atoms with Gasteiger partial charge in [0, 0.05) is 27.7 Å². The molecule has 0 spiro atoms. The summed E-state index contributed by atoms with van der Waals surface area (Å²) in [5.41, 5.74) is 0. The van der Waals surface area contributed by atoms with Crippen LogP contribution in [0, 0.1) is 0 Å². The topological polar surface area (TPSA) is 105 Å². The normalized spacial score (nSPS) is 8.08. The van der Waals surface area contributed by atoms with Crippen molar-refractivity contribution >= 4 is 23.9 Å². The Labute approximate surface area is 151 Å². The van der Waals surface area contributed by atoms with Crippen LogP contribution in [0.2, 0.25) is 0 Å². The minimum atomic E-state index is -0.245. The van der Waals surface area contributed by atoms with Crippen LogP contribution in [-0.4, -0.2) is 50.3 Å². The van der Waals surface area contributed by atoms with Gasteiger partial charge in [0.25, 0.3) is 0 Å². The molecule has 0 heterocycles. The van der Waals surface area contributed by atoms with Crippen LogP contribution in [0.15, 0.2) is 0 Å². The average Bonchev–Trinajstić information content (AvgIpc) is 2.45. The van der Waals surface area contributed by atoms with E-state index < -0.39 is 0 Å². The van der Waals surface area contributed by atoms with E-state index in [0.717, 1.165) is 6.42 Å². The maximum atomic E-state index is 10.0. The Morgan fingerprint density at radius 2 is 1.16 bits per heavy atom. The molecule has 0 radical (unpaired) electrons. The summed E-state index contributed by atoms with van der Waals surface area (Å²) in [5, 5.41) is 0. The third-order valence-corrected chi connectivity index (χ3v) is 1.55. The summed E-state index contributed by atoms with van der Waals surface area (Å²) in [6.45, 7) is 14.0. The van der Waals surface area contributed by atoms with Gasteiger partial charge < -0.3 is 18.9 Å². The van der Waals surface area contributed by atoms with Gasteiger partial charge in [-0.25, -0.2) is 0 Å². The maximum absolute atomic E-state index is 10.0. The number of carbonyl (C=O) groups is 4. The summed E-state index contributed by atoms with van der Waals surface area (Å²) in [6, 6.07) is 0. The lowest BCUT2D eigenvalue weighted by molar-refractivity contribution is -0.145. The molecule has 25 heavy (non-hydrogen) atoms. The maximum Gasteiger partial charge on any atom is 0.302 e. The molecule has 0 amide bonds. The van der Waals surface area contributed by atoms with Gasteiger partial charge in [-0.15, -0.1) is 0 Å². The monoisotopic (exact) mass is 366 g/mol. The van der Waals surface area contributed by atoms with Crippen molar-refractivity contribution < 1.29 is 38.1 Å². The van der Waals surface area contributed by atoms with Crippen LogP contribution in [-0.2, 0) is 38.1 Å². The third kappa shape index (κ3) is 73.1. The first kappa shape index (κ1) is 30.7. The highest BCUT2D eigenvalue weighted by Crippen LogP contribution is 1.85. The third-order valence-electron chi connectivity index (χ3n) is 1.55. The summed E-state index contributed by atoms with van der Waals surface area (Å²) >= 11 is 0. The number of ether oxygens (including phenoxy) is 4. The number of hydrogen-bond donors (Lipinski definition) is 0. The van der Waals surface area contributed by atoms with Crippen molar-refractivity contribution in [1.82, 2.24) is 0 Å². The molecule has 0 atom stereocenters. The molecule has 0 aromatic rings. The summed E-state index contributed by atoms with van der Waals surface area (Å²) in [5.74, 6) is -0.862. The zero-order valence-corrected chi connectivity index (χ0v) is 17.0. The Hall–Kier alpha value is -2.12. The zero-order chi connectivity index (χ0) is 20.8. The van der Waals surface area contributed by atoms with Crippen molar-refractivity contribution in [3.05, 3.63) is 0 Å². The van der Waals surface area contributed by atoms with E-state index in [-0.39, 0.29) is 30.0 Å². The second kappa shape index (κ2) is 24.1. The quantitative estimate of drug-likeness (QED) is 0.552. The van der Waals surface area contributed by atoms with Crippen LogP contribution in [0.5, 0.6) is 0 Å². The summed E-state index contributed by atoms with van der Waals surface area (Å²) in [4.78, 5) is 39.4. The van der Waals surface area contributed by atoms with E-state index in [1.54, 1.807) is 6.92 Å². The molecule has 0 bridgehead atoms. The fraction of sp³-hybridized carbons (Fsp3) is 0.765. The van der Waals surface area contributed by atoms with Crippen LogP contribution < -0.4 is 0 Å². The Bertz CT molecular complexity index is 351. The molecule has 0 saturated heterocycles. The minimum absolute atomic E-state index is 0.0255. The van der Waals surface area contributed by atoms with Crippen molar-refractivity contribution in [3.8, 4) is 0 Å². The highest BCUT2D eigenvalue weighted by atomic mass is 16.5. The smallest absolute Gasteiger partial charge is 0.302 e. The molecular formula is C17H34O8. The highest BCUT2D eigenvalue weighted by Gasteiger charge is 1.93. The molecular weight excluding hydrogens is 332 g/mol. The molecule has 8 heteroatoms. The zero-order valence-electron chi connectivity index (χ0n) is 17.0. The number of rotatable bonds is 4. The molecule has 0 aliphatic heterocycles. The molecule has 0 unspecified atom stereocenters. The van der Waals surface area contributed by atoms with Gasteiger partial charge in [0.15, 0.2) is 0 Å². The minimum Gasteiger partial charge on any atom is -0.469 e. The Morgan fingerprint density at radius 3 is 1.20 bits per heavy atom. The SMILES string of the molecule is CC(=O)OC(C)C.CCCOC(C)=O.CCOC(C)=O.COC(C)=O. The van der Waals surface area contributed by atoms with Gasteiger partial charge in [-0.1, -0.05) is 6.92 Å². The second-order valence-corrected chi connectivity index (χ2v) is 4.62. The second-order valence-electron chi connectivity index (χ2n) is 4.62. The molecule has 0 aromatic carbocycles. The van der Waals surface area contributed by atoms with Gasteiger partial charge >= 0.3 is 23.9 Å². The number of hydrogen-bond acceptors (Lipinski definition) is 8.